The highest BCUT2D eigenvalue weighted by Crippen LogP contribution is 2.10. The van der Waals surface area contributed by atoms with Gasteiger partial charge in [-0.3, -0.25) is 0 Å². The lowest BCUT2D eigenvalue weighted by atomic mass is 10.1. The van der Waals surface area contributed by atoms with Crippen LogP contribution in [-0.2, 0) is 20.9 Å². The van der Waals surface area contributed by atoms with Gasteiger partial charge >= 0.3 is 6.09 Å². The van der Waals surface area contributed by atoms with Crippen molar-refractivity contribution in [2.45, 2.75) is 52.0 Å². The zero-order valence-electron chi connectivity index (χ0n) is 14.0. The summed E-state index contributed by atoms with van der Waals surface area (Å²) < 4.78 is 11.0. The van der Waals surface area contributed by atoms with Gasteiger partial charge in [0.05, 0.1) is 25.3 Å². The maximum atomic E-state index is 11.9. The van der Waals surface area contributed by atoms with Crippen molar-refractivity contribution in [3.8, 4) is 0 Å². The van der Waals surface area contributed by atoms with Crippen LogP contribution in [0.15, 0.2) is 35.3 Å². The Labute approximate surface area is 136 Å². The van der Waals surface area contributed by atoms with E-state index in [1.807, 2.05) is 37.3 Å². The zero-order valence-corrected chi connectivity index (χ0v) is 14.0. The summed E-state index contributed by atoms with van der Waals surface area (Å²) in [5, 5.41) is 2.69. The highest BCUT2D eigenvalue weighted by Gasteiger charge is 2.23. The van der Waals surface area contributed by atoms with E-state index in [0.29, 0.717) is 6.61 Å². The van der Waals surface area contributed by atoms with Crippen molar-refractivity contribution in [3.05, 3.63) is 35.9 Å². The van der Waals surface area contributed by atoms with Crippen LogP contribution in [0.2, 0.25) is 0 Å². The fraction of sp³-hybridized carbons (Fsp3) is 0.529. The molecule has 1 aromatic rings. The van der Waals surface area contributed by atoms with Crippen LogP contribution < -0.4 is 5.32 Å². The number of hydrogen-bond donors (Lipinski definition) is 1. The number of carbonyl (C=O) groups excluding carboxylic acids is 2. The number of nitrogens with one attached hydrogen (secondary N) is 1. The topological polar surface area (TPSA) is 77.0 Å². The fourth-order valence-corrected chi connectivity index (χ4v) is 1.82. The number of alkyl carbamates (subject to hydrolysis) is 1. The number of ether oxygens (including phenoxy) is 2. The molecule has 0 bridgehead atoms. The van der Waals surface area contributed by atoms with Crippen LogP contribution in [0.4, 0.5) is 4.79 Å². The monoisotopic (exact) mass is 320 g/mol. The smallest absolute Gasteiger partial charge is 0.408 e. The number of carbonyl (C=O) groups is 1. The molecule has 23 heavy (non-hydrogen) atoms. The van der Waals surface area contributed by atoms with Gasteiger partial charge < -0.3 is 14.8 Å². The van der Waals surface area contributed by atoms with Gasteiger partial charge in [0, 0.05) is 0 Å². The Hall–Kier alpha value is -2.17. The number of aliphatic imine (C=N–C) groups is 1. The van der Waals surface area contributed by atoms with E-state index in [1.54, 1.807) is 20.8 Å². The van der Waals surface area contributed by atoms with Gasteiger partial charge in [-0.05, 0) is 33.3 Å². The first-order valence-electron chi connectivity index (χ1n) is 7.50. The Balaban J connectivity index is 2.61. The van der Waals surface area contributed by atoms with E-state index in [0.717, 1.165) is 5.56 Å². The molecule has 0 saturated carbocycles. The Morgan fingerprint density at radius 3 is 2.52 bits per heavy atom. The molecular weight excluding hydrogens is 296 g/mol. The molecule has 0 radical (unpaired) electrons. The first kappa shape index (κ1) is 18.9. The van der Waals surface area contributed by atoms with Crippen LogP contribution in [0.3, 0.4) is 0 Å². The van der Waals surface area contributed by atoms with Crippen molar-refractivity contribution in [2.75, 3.05) is 6.54 Å². The summed E-state index contributed by atoms with van der Waals surface area (Å²) in [5.74, 6) is 0. The summed E-state index contributed by atoms with van der Waals surface area (Å²) in [6.45, 7) is 7.63. The van der Waals surface area contributed by atoms with E-state index in [4.69, 9.17) is 9.47 Å². The Morgan fingerprint density at radius 2 is 1.96 bits per heavy atom. The number of benzene rings is 1. The molecule has 6 nitrogen and oxygen atoms in total. The molecule has 6 heteroatoms. The van der Waals surface area contributed by atoms with E-state index in [1.165, 1.54) is 6.08 Å². The standard InChI is InChI=1S/C17H24N2O4/c1-13(22-11-14-8-6-5-7-9-14)15(10-18-12-20)19-16(21)23-17(2,3)4/h5-9,13,15H,10-11H2,1-4H3,(H,19,21). The number of hydrogen-bond acceptors (Lipinski definition) is 5. The molecule has 1 amide bonds. The first-order chi connectivity index (χ1) is 10.8. The normalized spacial score (nSPS) is 13.6. The zero-order chi connectivity index (χ0) is 17.3. The Morgan fingerprint density at radius 1 is 1.30 bits per heavy atom. The second kappa shape index (κ2) is 9.08. The third-order valence-electron chi connectivity index (χ3n) is 2.98. The molecular formula is C17H24N2O4. The second-order valence-corrected chi connectivity index (χ2v) is 6.19. The van der Waals surface area contributed by atoms with Crippen molar-refractivity contribution in [3.63, 3.8) is 0 Å². The van der Waals surface area contributed by atoms with Gasteiger partial charge in [-0.1, -0.05) is 30.3 Å². The molecule has 1 aromatic carbocycles. The van der Waals surface area contributed by atoms with E-state index in [9.17, 15) is 9.59 Å². The maximum absolute atomic E-state index is 11.9. The number of amides is 1. The molecule has 0 fully saturated rings. The number of nitrogens with zero attached hydrogens (tertiary/aromatic N) is 1. The lowest BCUT2D eigenvalue weighted by Gasteiger charge is -2.26. The van der Waals surface area contributed by atoms with Gasteiger partial charge in [-0.15, -0.1) is 0 Å². The van der Waals surface area contributed by atoms with Crippen molar-refractivity contribution in [2.24, 2.45) is 4.99 Å². The van der Waals surface area contributed by atoms with Crippen LogP contribution in [0.25, 0.3) is 0 Å². The predicted molar refractivity (Wildman–Crippen MR) is 86.8 cm³/mol. The van der Waals surface area contributed by atoms with Crippen molar-refractivity contribution in [1.82, 2.24) is 5.32 Å². The average molecular weight is 320 g/mol. The summed E-state index contributed by atoms with van der Waals surface area (Å²) >= 11 is 0. The van der Waals surface area contributed by atoms with Crippen molar-refractivity contribution >= 4 is 12.2 Å². The third kappa shape index (κ3) is 8.14. The molecule has 2 unspecified atom stereocenters. The van der Waals surface area contributed by atoms with Gasteiger partial charge in [-0.2, -0.15) is 0 Å². The fourth-order valence-electron chi connectivity index (χ4n) is 1.82. The average Bonchev–Trinajstić information content (AvgIpc) is 2.48. The lowest BCUT2D eigenvalue weighted by molar-refractivity contribution is 0.0165. The molecule has 0 aliphatic carbocycles. The molecule has 2 atom stereocenters. The quantitative estimate of drug-likeness (QED) is 0.619. The maximum Gasteiger partial charge on any atom is 0.408 e. The minimum Gasteiger partial charge on any atom is -0.444 e. The van der Waals surface area contributed by atoms with Crippen LogP contribution in [0, 0.1) is 0 Å². The number of rotatable bonds is 7. The summed E-state index contributed by atoms with van der Waals surface area (Å²) in [4.78, 5) is 25.8. The van der Waals surface area contributed by atoms with Crippen LogP contribution in [0.5, 0.6) is 0 Å². The van der Waals surface area contributed by atoms with Crippen LogP contribution >= 0.6 is 0 Å². The van der Waals surface area contributed by atoms with E-state index in [-0.39, 0.29) is 12.6 Å². The summed E-state index contributed by atoms with van der Waals surface area (Å²) in [6.07, 6.45) is 0.558. The third-order valence-corrected chi connectivity index (χ3v) is 2.98. The Bertz CT molecular complexity index is 533. The molecule has 0 aromatic heterocycles. The van der Waals surface area contributed by atoms with Crippen molar-refractivity contribution < 1.29 is 19.1 Å². The summed E-state index contributed by atoms with van der Waals surface area (Å²) in [7, 11) is 0. The minimum atomic E-state index is -0.601. The van der Waals surface area contributed by atoms with Crippen LogP contribution in [-0.4, -0.2) is 36.5 Å². The van der Waals surface area contributed by atoms with Gasteiger partial charge in [0.1, 0.15) is 5.60 Å². The van der Waals surface area contributed by atoms with Crippen LogP contribution in [0.1, 0.15) is 33.3 Å². The molecule has 0 aliphatic rings. The lowest BCUT2D eigenvalue weighted by Crippen LogP contribution is -2.47. The Kier molecular flexibility index (Phi) is 7.45. The SMILES string of the molecule is CC(OCc1ccccc1)C(CN=C=O)NC(=O)OC(C)(C)C. The van der Waals surface area contributed by atoms with Gasteiger partial charge in [0.2, 0.25) is 6.08 Å². The van der Waals surface area contributed by atoms with E-state index in [2.05, 4.69) is 10.3 Å². The second-order valence-electron chi connectivity index (χ2n) is 6.19. The molecule has 0 spiro atoms. The predicted octanol–water partition coefficient (Wildman–Crippen LogP) is 2.82. The summed E-state index contributed by atoms with van der Waals surface area (Å²) in [5.41, 5.74) is 0.422. The van der Waals surface area contributed by atoms with Gasteiger partial charge in [0.15, 0.2) is 0 Å². The minimum absolute atomic E-state index is 0.0820. The van der Waals surface area contributed by atoms with E-state index < -0.39 is 17.7 Å². The van der Waals surface area contributed by atoms with Gasteiger partial charge in [-0.25, -0.2) is 14.6 Å². The van der Waals surface area contributed by atoms with Gasteiger partial charge in [0.25, 0.3) is 0 Å². The molecule has 126 valence electrons. The molecule has 0 saturated heterocycles. The molecule has 1 N–H and O–H groups in total. The highest BCUT2D eigenvalue weighted by atomic mass is 16.6. The molecule has 1 rings (SSSR count). The highest BCUT2D eigenvalue weighted by molar-refractivity contribution is 5.68. The summed E-state index contributed by atoms with van der Waals surface area (Å²) in [6, 6.07) is 9.21. The first-order valence-corrected chi connectivity index (χ1v) is 7.50. The van der Waals surface area contributed by atoms with Crippen molar-refractivity contribution in [1.29, 1.82) is 0 Å². The molecule has 0 aliphatic heterocycles. The molecule has 0 heterocycles. The van der Waals surface area contributed by atoms with E-state index >= 15 is 0 Å². The number of isocyanates is 1. The largest absolute Gasteiger partial charge is 0.444 e.